The summed E-state index contributed by atoms with van der Waals surface area (Å²) in [5, 5.41) is 0. The van der Waals surface area contributed by atoms with E-state index in [9.17, 15) is 4.39 Å². The lowest BCUT2D eigenvalue weighted by molar-refractivity contribution is 0.622. The Hall–Kier alpha value is -1.87. The van der Waals surface area contributed by atoms with Crippen LogP contribution >= 0.6 is 0 Å². The van der Waals surface area contributed by atoms with Gasteiger partial charge >= 0.3 is 0 Å². The van der Waals surface area contributed by atoms with E-state index < -0.39 is 0 Å². The summed E-state index contributed by atoms with van der Waals surface area (Å²) in [5.74, 6) is -0.254. The van der Waals surface area contributed by atoms with E-state index in [2.05, 4.69) is 31.2 Å². The second-order valence-electron chi connectivity index (χ2n) is 5.07. The van der Waals surface area contributed by atoms with Crippen molar-refractivity contribution in [1.29, 1.82) is 0 Å². The fourth-order valence-corrected chi connectivity index (χ4v) is 2.29. The van der Waals surface area contributed by atoms with Crippen LogP contribution in [-0.4, -0.2) is 7.05 Å². The van der Waals surface area contributed by atoms with E-state index in [1.165, 1.54) is 17.7 Å². The maximum Gasteiger partial charge on any atom is 0.123 e. The minimum atomic E-state index is -0.254. The summed E-state index contributed by atoms with van der Waals surface area (Å²) in [4.78, 5) is 2.04. The number of benzene rings is 2. The third kappa shape index (κ3) is 2.99. The van der Waals surface area contributed by atoms with Gasteiger partial charge in [-0.3, -0.25) is 0 Å². The van der Waals surface area contributed by atoms with Crippen LogP contribution < -0.4 is 10.6 Å². The molecule has 0 aliphatic heterocycles. The molecule has 2 N–H and O–H groups in total. The van der Waals surface area contributed by atoms with Crippen LogP contribution in [0.2, 0.25) is 0 Å². The molecule has 3 heteroatoms. The average molecular weight is 272 g/mol. The first-order valence-electron chi connectivity index (χ1n) is 6.90. The van der Waals surface area contributed by atoms with Crippen LogP contribution in [0, 0.1) is 5.82 Å². The molecule has 106 valence electrons. The van der Waals surface area contributed by atoms with Gasteiger partial charge in [0.15, 0.2) is 0 Å². The van der Waals surface area contributed by atoms with Crippen LogP contribution in [0.1, 0.15) is 31.0 Å². The monoisotopic (exact) mass is 272 g/mol. The largest absolute Gasteiger partial charge is 0.344 e. The second-order valence-corrected chi connectivity index (χ2v) is 5.07. The van der Waals surface area contributed by atoms with Gasteiger partial charge in [-0.25, -0.2) is 4.39 Å². The third-order valence-corrected chi connectivity index (χ3v) is 3.57. The number of hydrogen-bond donors (Lipinski definition) is 1. The van der Waals surface area contributed by atoms with Gasteiger partial charge in [0.2, 0.25) is 0 Å². The number of aryl methyl sites for hydroxylation is 1. The lowest BCUT2D eigenvalue weighted by Crippen LogP contribution is -2.16. The number of nitrogens with zero attached hydrogens (tertiary/aromatic N) is 1. The quantitative estimate of drug-likeness (QED) is 0.905. The van der Waals surface area contributed by atoms with Crippen molar-refractivity contribution < 1.29 is 4.39 Å². The molecular weight excluding hydrogens is 251 g/mol. The molecule has 0 fully saturated rings. The fourth-order valence-electron chi connectivity index (χ4n) is 2.29. The molecule has 0 radical (unpaired) electrons. The van der Waals surface area contributed by atoms with Gasteiger partial charge in [0.25, 0.3) is 0 Å². The molecule has 2 nitrogen and oxygen atoms in total. The van der Waals surface area contributed by atoms with Gasteiger partial charge in [-0.05, 0) is 54.8 Å². The highest BCUT2D eigenvalue weighted by Crippen LogP contribution is 2.30. The predicted octanol–water partition coefficient (Wildman–Crippen LogP) is 4.18. The molecule has 0 saturated heterocycles. The van der Waals surface area contributed by atoms with Crippen molar-refractivity contribution >= 4 is 11.4 Å². The van der Waals surface area contributed by atoms with Crippen molar-refractivity contribution in [2.24, 2.45) is 5.73 Å². The molecule has 0 heterocycles. The van der Waals surface area contributed by atoms with Crippen molar-refractivity contribution in [1.82, 2.24) is 0 Å². The van der Waals surface area contributed by atoms with Gasteiger partial charge in [-0.1, -0.05) is 19.1 Å². The smallest absolute Gasteiger partial charge is 0.123 e. The van der Waals surface area contributed by atoms with Crippen molar-refractivity contribution in [3.8, 4) is 0 Å². The molecule has 20 heavy (non-hydrogen) atoms. The molecular formula is C17H21FN2. The van der Waals surface area contributed by atoms with Gasteiger partial charge in [0.05, 0.1) is 0 Å². The van der Waals surface area contributed by atoms with Crippen LogP contribution in [0.3, 0.4) is 0 Å². The maximum absolute atomic E-state index is 13.4. The minimum absolute atomic E-state index is 0.210. The van der Waals surface area contributed by atoms with Crippen molar-refractivity contribution in [3.05, 3.63) is 59.4 Å². The van der Waals surface area contributed by atoms with E-state index >= 15 is 0 Å². The van der Waals surface area contributed by atoms with Crippen LogP contribution in [0.4, 0.5) is 15.8 Å². The van der Waals surface area contributed by atoms with Gasteiger partial charge in [-0.2, -0.15) is 0 Å². The van der Waals surface area contributed by atoms with Crippen molar-refractivity contribution in [2.45, 2.75) is 26.3 Å². The Morgan fingerprint density at radius 2 is 1.80 bits per heavy atom. The maximum atomic E-state index is 13.4. The Balaban J connectivity index is 2.39. The summed E-state index contributed by atoms with van der Waals surface area (Å²) < 4.78 is 13.4. The van der Waals surface area contributed by atoms with E-state index in [4.69, 9.17) is 5.73 Å². The van der Waals surface area contributed by atoms with Crippen LogP contribution in [-0.2, 0) is 6.42 Å². The Kier molecular flexibility index (Phi) is 4.40. The predicted molar refractivity (Wildman–Crippen MR) is 82.9 cm³/mol. The molecule has 0 spiro atoms. The summed E-state index contributed by atoms with van der Waals surface area (Å²) >= 11 is 0. The van der Waals surface area contributed by atoms with E-state index in [-0.39, 0.29) is 11.9 Å². The highest BCUT2D eigenvalue weighted by Gasteiger charge is 2.13. The van der Waals surface area contributed by atoms with E-state index in [1.807, 2.05) is 18.9 Å². The molecule has 0 aliphatic rings. The first-order valence-corrected chi connectivity index (χ1v) is 6.90. The molecule has 0 amide bonds. The van der Waals surface area contributed by atoms with Gasteiger partial charge in [0.1, 0.15) is 5.82 Å². The topological polar surface area (TPSA) is 29.3 Å². The third-order valence-electron chi connectivity index (χ3n) is 3.57. The highest BCUT2D eigenvalue weighted by molar-refractivity contribution is 5.66. The number of nitrogens with two attached hydrogens (primary N) is 1. The highest BCUT2D eigenvalue weighted by atomic mass is 19.1. The van der Waals surface area contributed by atoms with Gasteiger partial charge in [0, 0.05) is 24.5 Å². The zero-order valence-corrected chi connectivity index (χ0v) is 12.2. The lowest BCUT2D eigenvalue weighted by atomic mass is 10.0. The first kappa shape index (κ1) is 14.5. The molecule has 0 aliphatic carbocycles. The number of anilines is 2. The zero-order valence-electron chi connectivity index (χ0n) is 12.2. The Bertz CT molecular complexity index is 576. The SMILES string of the molecule is CCc1ccc(N(C)c2ccc(F)cc2[C@@H](C)N)cc1. The number of rotatable bonds is 4. The summed E-state index contributed by atoms with van der Waals surface area (Å²) in [5.41, 5.74) is 10.1. The molecule has 0 saturated carbocycles. The number of hydrogen-bond acceptors (Lipinski definition) is 2. The normalized spacial score (nSPS) is 12.2. The molecule has 2 rings (SSSR count). The van der Waals surface area contributed by atoms with Crippen molar-refractivity contribution in [2.75, 3.05) is 11.9 Å². The van der Waals surface area contributed by atoms with Crippen LogP contribution in [0.15, 0.2) is 42.5 Å². The molecule has 2 aromatic carbocycles. The van der Waals surface area contributed by atoms with E-state index in [0.29, 0.717) is 0 Å². The molecule has 1 atom stereocenters. The summed E-state index contributed by atoms with van der Waals surface area (Å²) in [6, 6.07) is 12.9. The van der Waals surface area contributed by atoms with Crippen molar-refractivity contribution in [3.63, 3.8) is 0 Å². The zero-order chi connectivity index (χ0) is 14.7. The average Bonchev–Trinajstić information content (AvgIpc) is 2.46. The molecule has 0 unspecified atom stereocenters. The summed E-state index contributed by atoms with van der Waals surface area (Å²) in [6.07, 6.45) is 1.02. The Labute approximate surface area is 120 Å². The summed E-state index contributed by atoms with van der Waals surface area (Å²) in [7, 11) is 1.97. The van der Waals surface area contributed by atoms with E-state index in [0.717, 1.165) is 23.4 Å². The number of halogens is 1. The van der Waals surface area contributed by atoms with Gasteiger partial charge in [-0.15, -0.1) is 0 Å². The Morgan fingerprint density at radius 3 is 2.35 bits per heavy atom. The summed E-state index contributed by atoms with van der Waals surface area (Å²) in [6.45, 7) is 4.00. The van der Waals surface area contributed by atoms with E-state index in [1.54, 1.807) is 6.07 Å². The standard InChI is InChI=1S/C17H21FN2/c1-4-13-5-8-15(9-6-13)20(3)17-10-7-14(18)11-16(17)12(2)19/h5-12H,4,19H2,1-3H3/t12-/m1/s1. The second kappa shape index (κ2) is 6.06. The van der Waals surface area contributed by atoms with Gasteiger partial charge < -0.3 is 10.6 Å². The van der Waals surface area contributed by atoms with Crippen LogP contribution in [0.25, 0.3) is 0 Å². The Morgan fingerprint density at radius 1 is 1.15 bits per heavy atom. The fraction of sp³-hybridized carbons (Fsp3) is 0.294. The lowest BCUT2D eigenvalue weighted by Gasteiger charge is -2.24. The molecule has 0 aromatic heterocycles. The molecule has 2 aromatic rings. The first-order chi connectivity index (χ1) is 9.52. The minimum Gasteiger partial charge on any atom is -0.344 e. The molecule has 0 bridgehead atoms. The van der Waals surface area contributed by atoms with Crippen LogP contribution in [0.5, 0.6) is 0 Å².